The van der Waals surface area contributed by atoms with Crippen molar-refractivity contribution in [2.24, 2.45) is 0 Å². The molecule has 0 saturated heterocycles. The van der Waals surface area contributed by atoms with Crippen LogP contribution in [-0.2, 0) is 17.0 Å². The molecule has 1 aromatic heterocycles. The lowest BCUT2D eigenvalue weighted by molar-refractivity contribution is -0.0527. The number of aromatic nitrogens is 2. The molecule has 3 rings (SSSR count). The zero-order valence-corrected chi connectivity index (χ0v) is 13.3. The fraction of sp³-hybridized carbons (Fsp3) is 0.235. The maximum absolute atomic E-state index is 13.6. The number of methoxy groups -OCH3 is 1. The average Bonchev–Trinajstić information content (AvgIpc) is 3.10. The molecular weight excluding hydrogens is 335 g/mol. The van der Waals surface area contributed by atoms with Gasteiger partial charge in [0.2, 0.25) is 0 Å². The zero-order chi connectivity index (χ0) is 17.9. The Morgan fingerprint density at radius 2 is 2.20 bits per heavy atom. The summed E-state index contributed by atoms with van der Waals surface area (Å²) in [5.41, 5.74) is 0.252. The van der Waals surface area contributed by atoms with Gasteiger partial charge in [-0.2, -0.15) is 13.9 Å². The number of hydrogen-bond donors (Lipinski definition) is 1. The van der Waals surface area contributed by atoms with Gasteiger partial charge in [0.25, 0.3) is 0 Å². The van der Waals surface area contributed by atoms with Gasteiger partial charge >= 0.3 is 6.61 Å². The monoisotopic (exact) mass is 351 g/mol. The van der Waals surface area contributed by atoms with E-state index in [0.29, 0.717) is 12.1 Å². The second-order valence-electron chi connectivity index (χ2n) is 5.36. The molecular formula is C17H16F3N3O2. The molecule has 0 amide bonds. The number of rotatable bonds is 6. The van der Waals surface area contributed by atoms with Crippen LogP contribution in [0.15, 0.2) is 60.6 Å². The number of nitrogens with zero attached hydrogens (tertiary/aromatic N) is 2. The van der Waals surface area contributed by atoms with E-state index >= 15 is 0 Å². The van der Waals surface area contributed by atoms with Crippen LogP contribution in [0.2, 0.25) is 0 Å². The van der Waals surface area contributed by atoms with E-state index in [9.17, 15) is 13.2 Å². The minimum absolute atomic E-state index is 0.428. The molecule has 1 aliphatic heterocycles. The van der Waals surface area contributed by atoms with Crippen molar-refractivity contribution in [3.8, 4) is 5.75 Å². The lowest BCUT2D eigenvalue weighted by Crippen LogP contribution is -2.41. The van der Waals surface area contributed by atoms with Crippen molar-refractivity contribution in [1.29, 1.82) is 0 Å². The van der Waals surface area contributed by atoms with Crippen molar-refractivity contribution in [1.82, 2.24) is 15.1 Å². The predicted molar refractivity (Wildman–Crippen MR) is 84.3 cm³/mol. The van der Waals surface area contributed by atoms with Crippen molar-refractivity contribution in [2.75, 3.05) is 7.11 Å². The topological polar surface area (TPSA) is 48.3 Å². The first-order valence-electron chi connectivity index (χ1n) is 7.46. The smallest absolute Gasteiger partial charge is 0.387 e. The minimum atomic E-state index is -3.11. The van der Waals surface area contributed by atoms with Gasteiger partial charge in [0.1, 0.15) is 0 Å². The number of dihydropyridines is 1. The molecule has 0 fully saturated rings. The molecule has 2 aromatic rings. The molecule has 1 atom stereocenters. The lowest BCUT2D eigenvalue weighted by Gasteiger charge is -2.33. The Labute approximate surface area is 142 Å². The van der Waals surface area contributed by atoms with Gasteiger partial charge in [0, 0.05) is 31.3 Å². The molecule has 0 bridgehead atoms. The fourth-order valence-corrected chi connectivity index (χ4v) is 2.54. The van der Waals surface area contributed by atoms with E-state index in [0.717, 1.165) is 11.6 Å². The van der Waals surface area contributed by atoms with Gasteiger partial charge < -0.3 is 14.8 Å². The van der Waals surface area contributed by atoms with E-state index < -0.39 is 23.9 Å². The number of allylic oxidation sites excluding steroid dienone is 2. The molecule has 0 saturated carbocycles. The van der Waals surface area contributed by atoms with Crippen molar-refractivity contribution >= 4 is 0 Å². The molecule has 0 radical (unpaired) electrons. The molecule has 8 heteroatoms. The first kappa shape index (κ1) is 17.1. The van der Waals surface area contributed by atoms with Crippen LogP contribution in [0.4, 0.5) is 13.2 Å². The Balaban J connectivity index is 1.83. The summed E-state index contributed by atoms with van der Waals surface area (Å²) >= 11 is 0. The highest BCUT2D eigenvalue weighted by Crippen LogP contribution is 2.32. The maximum Gasteiger partial charge on any atom is 0.387 e. The summed E-state index contributed by atoms with van der Waals surface area (Å²) in [5, 5.41) is 7.21. The molecule has 1 unspecified atom stereocenters. The Hall–Kier alpha value is -2.74. The molecule has 132 valence electrons. The minimum Gasteiger partial charge on any atom is -0.432 e. The first-order chi connectivity index (χ1) is 12.0. The third kappa shape index (κ3) is 3.69. The van der Waals surface area contributed by atoms with E-state index in [1.54, 1.807) is 23.2 Å². The zero-order valence-electron chi connectivity index (χ0n) is 13.3. The van der Waals surface area contributed by atoms with E-state index in [1.807, 2.05) is 18.3 Å². The van der Waals surface area contributed by atoms with Gasteiger partial charge in [-0.25, -0.2) is 4.39 Å². The molecule has 2 heterocycles. The van der Waals surface area contributed by atoms with Crippen molar-refractivity contribution in [2.45, 2.75) is 18.9 Å². The van der Waals surface area contributed by atoms with E-state index in [1.165, 1.54) is 19.2 Å². The van der Waals surface area contributed by atoms with Gasteiger partial charge in [-0.05, 0) is 29.8 Å². The Morgan fingerprint density at radius 3 is 2.80 bits per heavy atom. The summed E-state index contributed by atoms with van der Waals surface area (Å²) < 4.78 is 50.0. The fourth-order valence-electron chi connectivity index (χ4n) is 2.54. The van der Waals surface area contributed by atoms with Gasteiger partial charge in [0.05, 0.1) is 6.54 Å². The average molecular weight is 351 g/mol. The van der Waals surface area contributed by atoms with Crippen molar-refractivity contribution in [3.05, 3.63) is 72.0 Å². The summed E-state index contributed by atoms with van der Waals surface area (Å²) in [6.07, 6.45) is 8.82. The Bertz CT molecular complexity index is 790. The number of nitrogens with one attached hydrogen (secondary N) is 1. The van der Waals surface area contributed by atoms with Crippen LogP contribution in [0.3, 0.4) is 0 Å². The predicted octanol–water partition coefficient (Wildman–Crippen LogP) is 3.17. The standard InChI is InChI=1S/C17H16F3N3O2/c1-24-17(13-3-4-14(18)15(9-13)25-16(19)20)6-5-12(10-21-17)11-23-8-2-7-22-23/h2-10,16,21H,11H2,1H3. The SMILES string of the molecule is COC1(c2ccc(F)c(OC(F)F)c2)C=CC(Cn2cccn2)=CN1. The van der Waals surface area contributed by atoms with Crippen molar-refractivity contribution in [3.63, 3.8) is 0 Å². The summed E-state index contributed by atoms with van der Waals surface area (Å²) in [4.78, 5) is 0. The summed E-state index contributed by atoms with van der Waals surface area (Å²) in [6, 6.07) is 5.52. The second kappa shape index (κ2) is 7.02. The lowest BCUT2D eigenvalue weighted by atomic mass is 9.98. The normalized spacial score (nSPS) is 19.6. The summed E-state index contributed by atoms with van der Waals surface area (Å²) in [5.74, 6) is -1.41. The largest absolute Gasteiger partial charge is 0.432 e. The number of alkyl halides is 2. The van der Waals surface area contributed by atoms with Gasteiger partial charge in [-0.15, -0.1) is 0 Å². The number of halogens is 3. The number of hydrogen-bond acceptors (Lipinski definition) is 4. The Morgan fingerprint density at radius 1 is 1.36 bits per heavy atom. The van der Waals surface area contributed by atoms with E-state index in [2.05, 4.69) is 15.2 Å². The van der Waals surface area contributed by atoms with Crippen LogP contribution in [0.1, 0.15) is 5.56 Å². The summed E-state index contributed by atoms with van der Waals surface area (Å²) in [6.45, 7) is -2.56. The van der Waals surface area contributed by atoms with Crippen LogP contribution < -0.4 is 10.1 Å². The molecule has 1 N–H and O–H groups in total. The van der Waals surface area contributed by atoms with Gasteiger partial charge in [-0.3, -0.25) is 4.68 Å². The summed E-state index contributed by atoms with van der Waals surface area (Å²) in [7, 11) is 1.46. The highest BCUT2D eigenvalue weighted by molar-refractivity contribution is 5.39. The number of ether oxygens (including phenoxy) is 2. The molecule has 0 aliphatic carbocycles. The maximum atomic E-state index is 13.6. The Kier molecular flexibility index (Phi) is 4.80. The van der Waals surface area contributed by atoms with Crippen LogP contribution in [0.25, 0.3) is 0 Å². The third-order valence-electron chi connectivity index (χ3n) is 3.81. The van der Waals surface area contributed by atoms with Crippen LogP contribution in [-0.4, -0.2) is 23.5 Å². The third-order valence-corrected chi connectivity index (χ3v) is 3.81. The quantitative estimate of drug-likeness (QED) is 0.869. The van der Waals surface area contributed by atoms with Gasteiger partial charge in [-0.1, -0.05) is 12.1 Å². The highest BCUT2D eigenvalue weighted by atomic mass is 19.3. The van der Waals surface area contributed by atoms with E-state index in [4.69, 9.17) is 4.74 Å². The van der Waals surface area contributed by atoms with E-state index in [-0.39, 0.29) is 0 Å². The molecule has 1 aliphatic rings. The first-order valence-corrected chi connectivity index (χ1v) is 7.46. The molecule has 0 spiro atoms. The second-order valence-corrected chi connectivity index (χ2v) is 5.36. The highest BCUT2D eigenvalue weighted by Gasteiger charge is 2.31. The molecule has 1 aromatic carbocycles. The number of benzene rings is 1. The molecule has 5 nitrogen and oxygen atoms in total. The molecule has 25 heavy (non-hydrogen) atoms. The van der Waals surface area contributed by atoms with Crippen molar-refractivity contribution < 1.29 is 22.6 Å². The van der Waals surface area contributed by atoms with Crippen LogP contribution in [0, 0.1) is 5.82 Å². The van der Waals surface area contributed by atoms with Gasteiger partial charge in [0.15, 0.2) is 17.3 Å². The van der Waals surface area contributed by atoms with Crippen LogP contribution >= 0.6 is 0 Å². The van der Waals surface area contributed by atoms with Crippen LogP contribution in [0.5, 0.6) is 5.75 Å².